The Bertz CT molecular complexity index is 980. The number of hydrogen-bond acceptors (Lipinski definition) is 3. The van der Waals surface area contributed by atoms with Crippen LogP contribution in [-0.4, -0.2) is 28.8 Å². The van der Waals surface area contributed by atoms with Crippen LogP contribution < -0.4 is 10.6 Å². The zero-order chi connectivity index (χ0) is 19.5. The van der Waals surface area contributed by atoms with Gasteiger partial charge in [0.15, 0.2) is 0 Å². The number of aromatic nitrogens is 2. The fourth-order valence-electron chi connectivity index (χ4n) is 3.57. The first-order valence-electron chi connectivity index (χ1n) is 9.23. The molecule has 2 heterocycles. The van der Waals surface area contributed by atoms with Gasteiger partial charge in [0.1, 0.15) is 5.82 Å². The first kappa shape index (κ1) is 18.7. The predicted octanol–water partition coefficient (Wildman–Crippen LogP) is 4.38. The molecule has 1 fully saturated rings. The smallest absolute Gasteiger partial charge is 0.259 e. The maximum atomic E-state index is 13.4. The highest BCUT2D eigenvalue weighted by molar-refractivity contribution is 6.31. The molecule has 1 saturated heterocycles. The van der Waals surface area contributed by atoms with Crippen molar-refractivity contribution >= 4 is 23.2 Å². The molecular formula is C21H20ClFN4O. The normalized spacial score (nSPS) is 14.8. The minimum atomic E-state index is -0.307. The number of halogens is 2. The molecule has 0 unspecified atom stereocenters. The molecule has 0 atom stereocenters. The second kappa shape index (κ2) is 8.12. The van der Waals surface area contributed by atoms with Crippen LogP contribution in [0.4, 0.5) is 10.1 Å². The summed E-state index contributed by atoms with van der Waals surface area (Å²) in [5, 5.41) is 11.3. The van der Waals surface area contributed by atoms with E-state index in [0.717, 1.165) is 37.3 Å². The van der Waals surface area contributed by atoms with E-state index in [0.29, 0.717) is 16.3 Å². The maximum absolute atomic E-state index is 13.4. The Morgan fingerprint density at radius 2 is 1.93 bits per heavy atom. The molecule has 0 aliphatic carbocycles. The van der Waals surface area contributed by atoms with Crippen molar-refractivity contribution in [1.29, 1.82) is 0 Å². The van der Waals surface area contributed by atoms with Crippen LogP contribution in [-0.2, 0) is 0 Å². The second-order valence-electron chi connectivity index (χ2n) is 6.82. The van der Waals surface area contributed by atoms with Gasteiger partial charge in [0, 0.05) is 16.6 Å². The molecule has 1 aromatic heterocycles. The molecule has 0 saturated carbocycles. The van der Waals surface area contributed by atoms with Crippen molar-refractivity contribution in [3.8, 4) is 5.69 Å². The minimum Gasteiger partial charge on any atom is -0.322 e. The van der Waals surface area contributed by atoms with Gasteiger partial charge in [0.2, 0.25) is 0 Å². The summed E-state index contributed by atoms with van der Waals surface area (Å²) in [6, 6.07) is 13.2. The number of anilines is 1. The van der Waals surface area contributed by atoms with Gasteiger partial charge in [0.05, 0.1) is 23.1 Å². The standard InChI is InChI=1S/C21H20ClFN4O/c22-15-2-1-3-17(12-15)26-21(28)19-13-25-27(18-6-4-16(23)5-7-18)20(19)14-8-10-24-11-9-14/h1-7,12-14,24H,8-11H2,(H,26,28). The van der Waals surface area contributed by atoms with Crippen LogP contribution >= 0.6 is 11.6 Å². The fourth-order valence-corrected chi connectivity index (χ4v) is 3.76. The third-order valence-electron chi connectivity index (χ3n) is 4.93. The van der Waals surface area contributed by atoms with E-state index in [4.69, 9.17) is 11.6 Å². The quantitative estimate of drug-likeness (QED) is 0.685. The van der Waals surface area contributed by atoms with Gasteiger partial charge in [-0.3, -0.25) is 4.79 Å². The molecule has 4 rings (SSSR count). The van der Waals surface area contributed by atoms with Crippen molar-refractivity contribution in [2.45, 2.75) is 18.8 Å². The topological polar surface area (TPSA) is 59.0 Å². The summed E-state index contributed by atoms with van der Waals surface area (Å²) in [5.74, 6) is -0.351. The molecule has 28 heavy (non-hydrogen) atoms. The Balaban J connectivity index is 1.71. The number of nitrogens with one attached hydrogen (secondary N) is 2. The minimum absolute atomic E-state index is 0.189. The summed E-state index contributed by atoms with van der Waals surface area (Å²) in [6.07, 6.45) is 3.40. The Kier molecular flexibility index (Phi) is 5.41. The summed E-state index contributed by atoms with van der Waals surface area (Å²) in [6.45, 7) is 1.77. The number of benzene rings is 2. The van der Waals surface area contributed by atoms with Crippen LogP contribution in [0.2, 0.25) is 5.02 Å². The van der Waals surface area contributed by atoms with Gasteiger partial charge in [-0.15, -0.1) is 0 Å². The van der Waals surface area contributed by atoms with Crippen LogP contribution in [0.1, 0.15) is 34.8 Å². The highest BCUT2D eigenvalue weighted by Crippen LogP contribution is 2.31. The van der Waals surface area contributed by atoms with Crippen molar-refractivity contribution in [2.75, 3.05) is 18.4 Å². The number of rotatable bonds is 4. The highest BCUT2D eigenvalue weighted by Gasteiger charge is 2.27. The lowest BCUT2D eigenvalue weighted by Crippen LogP contribution is -2.29. The van der Waals surface area contributed by atoms with Crippen molar-refractivity contribution in [3.63, 3.8) is 0 Å². The van der Waals surface area contributed by atoms with Gasteiger partial charge in [-0.1, -0.05) is 17.7 Å². The summed E-state index contributed by atoms with van der Waals surface area (Å²) in [4.78, 5) is 13.0. The SMILES string of the molecule is O=C(Nc1cccc(Cl)c1)c1cnn(-c2ccc(F)cc2)c1C1CCNCC1. The van der Waals surface area contributed by atoms with E-state index in [1.54, 1.807) is 47.3 Å². The summed E-state index contributed by atoms with van der Waals surface area (Å²) in [5.41, 5.74) is 2.74. The van der Waals surface area contributed by atoms with Gasteiger partial charge in [-0.05, 0) is 68.4 Å². The molecule has 3 aromatic rings. The molecular weight excluding hydrogens is 379 g/mol. The molecule has 0 bridgehead atoms. The van der Waals surface area contributed by atoms with Crippen molar-refractivity contribution in [2.24, 2.45) is 0 Å². The molecule has 2 N–H and O–H groups in total. The number of hydrogen-bond donors (Lipinski definition) is 2. The third kappa shape index (κ3) is 3.93. The maximum Gasteiger partial charge on any atom is 0.259 e. The third-order valence-corrected chi connectivity index (χ3v) is 5.17. The molecule has 1 amide bonds. The molecule has 7 heteroatoms. The van der Waals surface area contributed by atoms with E-state index in [2.05, 4.69) is 15.7 Å². The lowest BCUT2D eigenvalue weighted by Gasteiger charge is -2.24. The summed E-state index contributed by atoms with van der Waals surface area (Å²) >= 11 is 6.02. The zero-order valence-corrected chi connectivity index (χ0v) is 15.9. The largest absolute Gasteiger partial charge is 0.322 e. The van der Waals surface area contributed by atoms with E-state index < -0.39 is 0 Å². The molecule has 144 valence electrons. The summed E-state index contributed by atoms with van der Waals surface area (Å²) < 4.78 is 15.1. The number of carbonyl (C=O) groups is 1. The number of nitrogens with zero attached hydrogens (tertiary/aromatic N) is 2. The number of carbonyl (C=O) groups excluding carboxylic acids is 1. The van der Waals surface area contributed by atoms with Crippen molar-refractivity contribution in [3.05, 3.63) is 76.8 Å². The molecule has 5 nitrogen and oxygen atoms in total. The molecule has 2 aromatic carbocycles. The molecule has 0 radical (unpaired) electrons. The molecule has 1 aliphatic heterocycles. The Morgan fingerprint density at radius 3 is 2.64 bits per heavy atom. The highest BCUT2D eigenvalue weighted by atomic mass is 35.5. The van der Waals surface area contributed by atoms with E-state index in [1.165, 1.54) is 12.1 Å². The van der Waals surface area contributed by atoms with Gasteiger partial charge in [0.25, 0.3) is 5.91 Å². The van der Waals surface area contributed by atoms with Crippen LogP contribution in [0, 0.1) is 5.82 Å². The molecule has 1 aliphatic rings. The van der Waals surface area contributed by atoms with Gasteiger partial charge >= 0.3 is 0 Å². The summed E-state index contributed by atoms with van der Waals surface area (Å²) in [7, 11) is 0. The molecule has 0 spiro atoms. The number of amides is 1. The van der Waals surface area contributed by atoms with Crippen molar-refractivity contribution < 1.29 is 9.18 Å². The first-order chi connectivity index (χ1) is 13.6. The van der Waals surface area contributed by atoms with E-state index in [9.17, 15) is 9.18 Å². The van der Waals surface area contributed by atoms with E-state index in [1.807, 2.05) is 0 Å². The second-order valence-corrected chi connectivity index (χ2v) is 7.26. The number of piperidine rings is 1. The lowest BCUT2D eigenvalue weighted by molar-refractivity contribution is 0.102. The average molecular weight is 399 g/mol. The fraction of sp³-hybridized carbons (Fsp3) is 0.238. The van der Waals surface area contributed by atoms with E-state index in [-0.39, 0.29) is 17.6 Å². The Labute approximate surface area is 167 Å². The Morgan fingerprint density at radius 1 is 1.18 bits per heavy atom. The lowest BCUT2D eigenvalue weighted by atomic mass is 9.91. The van der Waals surface area contributed by atoms with Crippen LogP contribution in [0.3, 0.4) is 0 Å². The van der Waals surface area contributed by atoms with Crippen LogP contribution in [0.15, 0.2) is 54.7 Å². The average Bonchev–Trinajstić information content (AvgIpc) is 3.14. The first-order valence-corrected chi connectivity index (χ1v) is 9.61. The van der Waals surface area contributed by atoms with E-state index >= 15 is 0 Å². The van der Waals surface area contributed by atoms with Gasteiger partial charge < -0.3 is 10.6 Å². The van der Waals surface area contributed by atoms with Crippen molar-refractivity contribution in [1.82, 2.24) is 15.1 Å². The van der Waals surface area contributed by atoms with Gasteiger partial charge in [-0.2, -0.15) is 5.10 Å². The van der Waals surface area contributed by atoms with Crippen LogP contribution in [0.5, 0.6) is 0 Å². The monoisotopic (exact) mass is 398 g/mol. The van der Waals surface area contributed by atoms with Crippen LogP contribution in [0.25, 0.3) is 5.69 Å². The predicted molar refractivity (Wildman–Crippen MR) is 108 cm³/mol. The Hall–Kier alpha value is -2.70. The zero-order valence-electron chi connectivity index (χ0n) is 15.2. The van der Waals surface area contributed by atoms with Gasteiger partial charge in [-0.25, -0.2) is 9.07 Å².